The van der Waals surface area contributed by atoms with Gasteiger partial charge < -0.3 is 15.4 Å². The molecule has 3 rings (SSSR count). The summed E-state index contributed by atoms with van der Waals surface area (Å²) in [4.78, 5) is 27.0. The van der Waals surface area contributed by atoms with E-state index in [2.05, 4.69) is 10.3 Å². The Morgan fingerprint density at radius 1 is 1.27 bits per heavy atom. The first kappa shape index (κ1) is 14.3. The molecule has 0 aliphatic carbocycles. The van der Waals surface area contributed by atoms with E-state index in [-0.39, 0.29) is 17.4 Å². The zero-order valence-corrected chi connectivity index (χ0v) is 12.6. The van der Waals surface area contributed by atoms with Crippen LogP contribution < -0.4 is 10.9 Å². The van der Waals surface area contributed by atoms with Crippen molar-refractivity contribution in [2.24, 2.45) is 0 Å². The van der Waals surface area contributed by atoms with E-state index >= 15 is 0 Å². The first-order valence-electron chi connectivity index (χ1n) is 6.76. The quantitative estimate of drug-likeness (QED) is 0.695. The highest BCUT2D eigenvalue weighted by Crippen LogP contribution is 2.29. The summed E-state index contributed by atoms with van der Waals surface area (Å²) < 4.78 is 0.497. The minimum absolute atomic E-state index is 0.252. The maximum absolute atomic E-state index is 12.3. The second kappa shape index (κ2) is 5.65. The van der Waals surface area contributed by atoms with Crippen LogP contribution in [0.2, 0.25) is 0 Å². The molecule has 6 heteroatoms. The number of hydrogen-bond donors (Lipinski definition) is 3. The first-order chi connectivity index (χ1) is 10.6. The lowest BCUT2D eigenvalue weighted by molar-refractivity contribution is 0.0936. The molecule has 0 saturated carbocycles. The van der Waals surface area contributed by atoms with Crippen LogP contribution in [0.5, 0.6) is 5.75 Å². The molecule has 1 amide bonds. The van der Waals surface area contributed by atoms with Crippen molar-refractivity contribution in [1.82, 2.24) is 10.3 Å². The van der Waals surface area contributed by atoms with Gasteiger partial charge in [0.05, 0.1) is 16.3 Å². The molecule has 3 N–H and O–H groups in total. The number of thiophene rings is 1. The molecule has 3 aromatic rings. The Labute approximate surface area is 130 Å². The average Bonchev–Trinajstić information content (AvgIpc) is 2.96. The van der Waals surface area contributed by atoms with Crippen molar-refractivity contribution in [2.75, 3.05) is 0 Å². The van der Waals surface area contributed by atoms with Crippen LogP contribution in [0, 0.1) is 0 Å². The molecule has 5 nitrogen and oxygen atoms in total. The number of H-pyrrole nitrogens is 1. The number of aromatic hydroxyl groups is 1. The molecule has 0 fully saturated rings. The molecule has 112 valence electrons. The summed E-state index contributed by atoms with van der Waals surface area (Å²) in [5.41, 5.74) is 0.600. The van der Waals surface area contributed by atoms with Gasteiger partial charge in [0.15, 0.2) is 5.75 Å². The normalized spacial score (nSPS) is 12.2. The number of carbonyl (C=O) groups excluding carboxylic acids is 1. The molecular formula is C16H14N2O3S. The van der Waals surface area contributed by atoms with E-state index in [1.165, 1.54) is 11.3 Å². The van der Waals surface area contributed by atoms with Gasteiger partial charge in [-0.05, 0) is 23.9 Å². The third kappa shape index (κ3) is 2.48. The summed E-state index contributed by atoms with van der Waals surface area (Å²) in [6, 6.07) is 10.8. The Morgan fingerprint density at radius 3 is 2.73 bits per heavy atom. The molecule has 0 bridgehead atoms. The van der Waals surface area contributed by atoms with Crippen LogP contribution in [0.4, 0.5) is 0 Å². The summed E-state index contributed by atoms with van der Waals surface area (Å²) in [6.07, 6.45) is 0. The van der Waals surface area contributed by atoms with Gasteiger partial charge in [0.2, 0.25) is 0 Å². The lowest BCUT2D eigenvalue weighted by atomic mass is 10.1. The van der Waals surface area contributed by atoms with Crippen LogP contribution in [0.25, 0.3) is 10.2 Å². The van der Waals surface area contributed by atoms with Crippen LogP contribution in [0.3, 0.4) is 0 Å². The Balaban J connectivity index is 1.94. The lowest BCUT2D eigenvalue weighted by Crippen LogP contribution is -2.31. The Morgan fingerprint density at radius 2 is 2.00 bits per heavy atom. The smallest absolute Gasteiger partial charge is 0.265 e. The van der Waals surface area contributed by atoms with Crippen LogP contribution in [-0.4, -0.2) is 16.0 Å². The number of fused-ring (bicyclic) bond motifs is 1. The average molecular weight is 314 g/mol. The molecule has 1 atom stereocenters. The summed E-state index contributed by atoms with van der Waals surface area (Å²) in [7, 11) is 0. The van der Waals surface area contributed by atoms with Gasteiger partial charge in [0, 0.05) is 0 Å². The van der Waals surface area contributed by atoms with Crippen molar-refractivity contribution >= 4 is 27.5 Å². The number of nitrogens with one attached hydrogen (secondary N) is 2. The minimum atomic E-state index is -0.596. The van der Waals surface area contributed by atoms with Crippen molar-refractivity contribution in [3.63, 3.8) is 0 Å². The maximum Gasteiger partial charge on any atom is 0.265 e. The predicted octanol–water partition coefficient (Wildman–Crippen LogP) is 2.79. The first-order valence-corrected chi connectivity index (χ1v) is 7.64. The number of benzene rings is 1. The highest BCUT2D eigenvalue weighted by atomic mass is 32.1. The monoisotopic (exact) mass is 314 g/mol. The van der Waals surface area contributed by atoms with Crippen LogP contribution in [0.15, 0.2) is 46.6 Å². The maximum atomic E-state index is 12.3. The second-order valence-electron chi connectivity index (χ2n) is 4.95. The SMILES string of the molecule is CC(NC(=O)c1c(O)c2sccc2[nH]c1=O)c1ccccc1. The van der Waals surface area contributed by atoms with Crippen molar-refractivity contribution in [3.05, 3.63) is 63.3 Å². The van der Waals surface area contributed by atoms with Crippen LogP contribution in [-0.2, 0) is 0 Å². The van der Waals surface area contributed by atoms with Gasteiger partial charge in [-0.25, -0.2) is 0 Å². The Hall–Kier alpha value is -2.60. The molecule has 1 aromatic carbocycles. The molecule has 2 aromatic heterocycles. The number of aromatic nitrogens is 1. The molecule has 0 spiro atoms. The fraction of sp³-hybridized carbons (Fsp3) is 0.125. The van der Waals surface area contributed by atoms with Crippen molar-refractivity contribution in [1.29, 1.82) is 0 Å². The van der Waals surface area contributed by atoms with E-state index < -0.39 is 11.5 Å². The number of amides is 1. The molecular weight excluding hydrogens is 300 g/mol. The zero-order valence-electron chi connectivity index (χ0n) is 11.8. The summed E-state index contributed by atoms with van der Waals surface area (Å²) in [5, 5.41) is 14.7. The zero-order chi connectivity index (χ0) is 15.7. The number of rotatable bonds is 3. The third-order valence-corrected chi connectivity index (χ3v) is 4.39. The highest BCUT2D eigenvalue weighted by molar-refractivity contribution is 7.17. The van der Waals surface area contributed by atoms with Gasteiger partial charge in [0.1, 0.15) is 5.56 Å². The largest absolute Gasteiger partial charge is 0.505 e. The van der Waals surface area contributed by atoms with E-state index in [0.717, 1.165) is 5.56 Å². The van der Waals surface area contributed by atoms with Crippen LogP contribution in [0.1, 0.15) is 28.9 Å². The molecule has 0 aliphatic rings. The van der Waals surface area contributed by atoms with Crippen LogP contribution >= 0.6 is 11.3 Å². The number of aromatic amines is 1. The minimum Gasteiger partial charge on any atom is -0.505 e. The fourth-order valence-electron chi connectivity index (χ4n) is 2.30. The van der Waals surface area contributed by atoms with Gasteiger partial charge in [-0.1, -0.05) is 30.3 Å². The van der Waals surface area contributed by atoms with E-state index in [1.807, 2.05) is 37.3 Å². The van der Waals surface area contributed by atoms with E-state index in [4.69, 9.17) is 0 Å². The molecule has 2 heterocycles. The number of carbonyl (C=O) groups is 1. The van der Waals surface area contributed by atoms with Crippen molar-refractivity contribution in [3.8, 4) is 5.75 Å². The molecule has 0 aliphatic heterocycles. The van der Waals surface area contributed by atoms with Gasteiger partial charge in [0.25, 0.3) is 11.5 Å². The summed E-state index contributed by atoms with van der Waals surface area (Å²) in [6.45, 7) is 1.82. The number of hydrogen-bond acceptors (Lipinski definition) is 4. The third-order valence-electron chi connectivity index (χ3n) is 3.47. The topological polar surface area (TPSA) is 82.2 Å². The van der Waals surface area contributed by atoms with Crippen molar-refractivity contribution < 1.29 is 9.90 Å². The highest BCUT2D eigenvalue weighted by Gasteiger charge is 2.21. The molecule has 0 saturated heterocycles. The molecule has 22 heavy (non-hydrogen) atoms. The fourth-order valence-corrected chi connectivity index (χ4v) is 3.10. The van der Waals surface area contributed by atoms with Crippen molar-refractivity contribution in [2.45, 2.75) is 13.0 Å². The van der Waals surface area contributed by atoms with Gasteiger partial charge in [-0.3, -0.25) is 9.59 Å². The van der Waals surface area contributed by atoms with E-state index in [0.29, 0.717) is 10.2 Å². The Kier molecular flexibility index (Phi) is 3.68. The standard InChI is InChI=1S/C16H14N2O3S/c1-9(10-5-3-2-4-6-10)17-15(20)12-13(19)14-11(7-8-22-14)18-16(12)21/h2-9H,1H3,(H,17,20)(H2,18,19,21). The van der Waals surface area contributed by atoms with Gasteiger partial charge >= 0.3 is 0 Å². The van der Waals surface area contributed by atoms with Gasteiger partial charge in [-0.15, -0.1) is 11.3 Å². The summed E-state index contributed by atoms with van der Waals surface area (Å²) in [5.74, 6) is -0.864. The van der Waals surface area contributed by atoms with Gasteiger partial charge in [-0.2, -0.15) is 0 Å². The van der Waals surface area contributed by atoms with E-state index in [9.17, 15) is 14.7 Å². The number of pyridine rings is 1. The second-order valence-corrected chi connectivity index (χ2v) is 5.86. The lowest BCUT2D eigenvalue weighted by Gasteiger charge is -2.14. The Bertz CT molecular complexity index is 883. The predicted molar refractivity (Wildman–Crippen MR) is 86.4 cm³/mol. The molecule has 1 unspecified atom stereocenters. The molecule has 0 radical (unpaired) electrons. The van der Waals surface area contributed by atoms with E-state index in [1.54, 1.807) is 11.4 Å². The summed E-state index contributed by atoms with van der Waals surface area (Å²) >= 11 is 1.27.